The number of hydrogen-bond acceptors (Lipinski definition) is 6. The normalized spacial score (nSPS) is 22.4. The smallest absolute Gasteiger partial charge is 0.255 e. The van der Waals surface area contributed by atoms with Gasteiger partial charge >= 0.3 is 0 Å². The number of benzene rings is 1. The second kappa shape index (κ2) is 9.63. The summed E-state index contributed by atoms with van der Waals surface area (Å²) >= 11 is 0. The first-order chi connectivity index (χ1) is 18.0. The Morgan fingerprint density at radius 3 is 2.86 bits per heavy atom. The van der Waals surface area contributed by atoms with Crippen LogP contribution in [-0.4, -0.2) is 62.1 Å². The first-order valence-corrected chi connectivity index (χ1v) is 13.0. The molecule has 0 radical (unpaired) electrons. The number of hydrogen-bond donors (Lipinski definition) is 1. The molecule has 3 aliphatic heterocycles. The molecule has 192 valence electrons. The topological polar surface area (TPSA) is 96.2 Å². The van der Waals surface area contributed by atoms with E-state index in [-0.39, 0.29) is 24.3 Å². The number of imide groups is 1. The summed E-state index contributed by atoms with van der Waals surface area (Å²) in [5.41, 5.74) is 4.69. The summed E-state index contributed by atoms with van der Waals surface area (Å²) in [5.74, 6) is -0.118. The van der Waals surface area contributed by atoms with Crippen molar-refractivity contribution in [1.29, 1.82) is 0 Å². The zero-order valence-electron chi connectivity index (χ0n) is 21.0. The lowest BCUT2D eigenvalue weighted by atomic mass is 10.0. The van der Waals surface area contributed by atoms with E-state index in [1.165, 1.54) is 18.5 Å². The van der Waals surface area contributed by atoms with E-state index < -0.39 is 11.9 Å². The molecule has 3 amide bonds. The van der Waals surface area contributed by atoms with Crippen LogP contribution in [0.2, 0.25) is 0 Å². The van der Waals surface area contributed by atoms with Crippen LogP contribution >= 0.6 is 0 Å². The lowest BCUT2D eigenvalue weighted by molar-refractivity contribution is -0.136. The fraction of sp³-hybridized carbons (Fsp3) is 0.429. The van der Waals surface area contributed by atoms with E-state index in [2.05, 4.69) is 27.7 Å². The molecule has 37 heavy (non-hydrogen) atoms. The Morgan fingerprint density at radius 2 is 2.00 bits per heavy atom. The quantitative estimate of drug-likeness (QED) is 0.522. The van der Waals surface area contributed by atoms with Crippen LogP contribution in [0.5, 0.6) is 5.75 Å². The highest BCUT2D eigenvalue weighted by Crippen LogP contribution is 2.31. The van der Waals surface area contributed by atoms with Gasteiger partial charge in [0.05, 0.1) is 11.4 Å². The lowest BCUT2D eigenvalue weighted by Gasteiger charge is -2.35. The number of fused-ring (bicyclic) bond motifs is 2. The van der Waals surface area contributed by atoms with E-state index in [1.54, 1.807) is 11.0 Å². The zero-order chi connectivity index (χ0) is 25.5. The van der Waals surface area contributed by atoms with Crippen molar-refractivity contribution in [3.05, 3.63) is 65.1 Å². The van der Waals surface area contributed by atoms with Gasteiger partial charge in [-0.1, -0.05) is 12.5 Å². The van der Waals surface area contributed by atoms with E-state index in [1.807, 2.05) is 30.3 Å². The van der Waals surface area contributed by atoms with Gasteiger partial charge in [0.25, 0.3) is 5.91 Å². The number of carbonyl (C=O) groups is 3. The third-order valence-corrected chi connectivity index (χ3v) is 7.87. The number of nitrogens with one attached hydrogen (secondary N) is 1. The molecule has 2 saturated heterocycles. The monoisotopic (exact) mass is 501 g/mol. The number of ether oxygens (including phenoxy) is 1. The highest BCUT2D eigenvalue weighted by Gasteiger charge is 2.39. The van der Waals surface area contributed by atoms with Gasteiger partial charge in [0, 0.05) is 37.3 Å². The van der Waals surface area contributed by atoms with Crippen molar-refractivity contribution in [3.63, 3.8) is 0 Å². The van der Waals surface area contributed by atoms with Gasteiger partial charge in [0.1, 0.15) is 24.0 Å². The van der Waals surface area contributed by atoms with E-state index in [0.717, 1.165) is 42.2 Å². The second-order valence-electron chi connectivity index (χ2n) is 10.2. The Labute approximate surface area is 215 Å². The lowest BCUT2D eigenvalue weighted by Crippen LogP contribution is -2.52. The predicted molar refractivity (Wildman–Crippen MR) is 136 cm³/mol. The molecule has 9 heteroatoms. The molecule has 5 heterocycles. The number of pyridine rings is 1. The number of carbonyl (C=O) groups excluding carboxylic acids is 3. The minimum atomic E-state index is -0.610. The summed E-state index contributed by atoms with van der Waals surface area (Å²) in [7, 11) is 0. The number of nitrogens with zero attached hydrogens (tertiary/aromatic N) is 4. The summed E-state index contributed by atoms with van der Waals surface area (Å²) < 4.78 is 8.45. The van der Waals surface area contributed by atoms with Crippen molar-refractivity contribution in [3.8, 4) is 5.75 Å². The van der Waals surface area contributed by atoms with Crippen LogP contribution in [0.15, 0.2) is 42.6 Å². The first-order valence-electron chi connectivity index (χ1n) is 13.0. The summed E-state index contributed by atoms with van der Waals surface area (Å²) in [6, 6.07) is 11.3. The molecule has 3 aliphatic rings. The van der Waals surface area contributed by atoms with Crippen molar-refractivity contribution in [2.24, 2.45) is 0 Å². The molecule has 2 unspecified atom stereocenters. The Kier molecular flexibility index (Phi) is 6.16. The minimum Gasteiger partial charge on any atom is -0.492 e. The van der Waals surface area contributed by atoms with Gasteiger partial charge in [-0.2, -0.15) is 0 Å². The largest absolute Gasteiger partial charge is 0.492 e. The summed E-state index contributed by atoms with van der Waals surface area (Å²) in [4.78, 5) is 45.6. The average molecular weight is 502 g/mol. The van der Waals surface area contributed by atoms with Gasteiger partial charge in [-0.25, -0.2) is 4.98 Å². The molecule has 0 spiro atoms. The third-order valence-electron chi connectivity index (χ3n) is 7.87. The van der Waals surface area contributed by atoms with Crippen molar-refractivity contribution < 1.29 is 19.1 Å². The maximum Gasteiger partial charge on any atom is 0.255 e. The molecule has 0 bridgehead atoms. The molecular weight excluding hydrogens is 470 g/mol. The van der Waals surface area contributed by atoms with Crippen LogP contribution in [0, 0.1) is 6.92 Å². The Morgan fingerprint density at radius 1 is 1.11 bits per heavy atom. The van der Waals surface area contributed by atoms with Gasteiger partial charge in [-0.05, 0) is 68.6 Å². The summed E-state index contributed by atoms with van der Waals surface area (Å²) in [6.07, 6.45) is 6.10. The van der Waals surface area contributed by atoms with Gasteiger partial charge in [0.15, 0.2) is 0 Å². The van der Waals surface area contributed by atoms with E-state index in [9.17, 15) is 14.4 Å². The van der Waals surface area contributed by atoms with Gasteiger partial charge in [-0.15, -0.1) is 0 Å². The van der Waals surface area contributed by atoms with Crippen LogP contribution in [0.3, 0.4) is 0 Å². The maximum absolute atomic E-state index is 13.0. The van der Waals surface area contributed by atoms with E-state index in [4.69, 9.17) is 9.72 Å². The van der Waals surface area contributed by atoms with Crippen molar-refractivity contribution in [1.82, 2.24) is 24.5 Å². The molecule has 1 aromatic carbocycles. The van der Waals surface area contributed by atoms with Crippen molar-refractivity contribution in [2.75, 3.05) is 13.2 Å². The Balaban J connectivity index is 1.13. The fourth-order valence-electron chi connectivity index (χ4n) is 5.84. The molecule has 6 rings (SSSR count). The highest BCUT2D eigenvalue weighted by molar-refractivity contribution is 6.05. The van der Waals surface area contributed by atoms with Crippen LogP contribution in [0.4, 0.5) is 0 Å². The molecular formula is C28H31N5O4. The molecule has 3 aromatic rings. The number of aryl methyl sites for hydroxylation is 1. The minimum absolute atomic E-state index is 0.169. The van der Waals surface area contributed by atoms with E-state index in [0.29, 0.717) is 25.1 Å². The fourth-order valence-corrected chi connectivity index (χ4v) is 5.84. The molecule has 1 N–H and O–H groups in total. The second-order valence-corrected chi connectivity index (χ2v) is 10.2. The van der Waals surface area contributed by atoms with Gasteiger partial charge in [-0.3, -0.25) is 24.6 Å². The number of aromatic nitrogens is 2. The van der Waals surface area contributed by atoms with Crippen molar-refractivity contribution in [2.45, 2.75) is 64.2 Å². The number of imidazole rings is 1. The molecule has 2 atom stereocenters. The number of likely N-dealkylation sites (tertiary alicyclic amines) is 1. The van der Waals surface area contributed by atoms with Crippen LogP contribution in [0.25, 0.3) is 5.65 Å². The van der Waals surface area contributed by atoms with Gasteiger partial charge < -0.3 is 14.0 Å². The van der Waals surface area contributed by atoms with Crippen LogP contribution < -0.4 is 10.1 Å². The molecule has 0 aliphatic carbocycles. The predicted octanol–water partition coefficient (Wildman–Crippen LogP) is 2.84. The SMILES string of the molecule is Cc1nc2ccccn2c1CN1CCCCC1COc1ccc2c(c1)CN(C1CCC(=O)NC1=O)C2=O. The maximum atomic E-state index is 13.0. The van der Waals surface area contributed by atoms with Gasteiger partial charge in [0.2, 0.25) is 11.8 Å². The highest BCUT2D eigenvalue weighted by atomic mass is 16.5. The summed E-state index contributed by atoms with van der Waals surface area (Å²) in [5, 5.41) is 2.35. The van der Waals surface area contributed by atoms with Crippen LogP contribution in [0.1, 0.15) is 59.4 Å². The number of rotatable bonds is 6. The van der Waals surface area contributed by atoms with E-state index >= 15 is 0 Å². The molecule has 0 saturated carbocycles. The van der Waals surface area contributed by atoms with Crippen LogP contribution in [-0.2, 0) is 22.7 Å². The molecule has 2 aromatic heterocycles. The Bertz CT molecular complexity index is 1380. The Hall–Kier alpha value is -3.72. The first kappa shape index (κ1) is 23.7. The zero-order valence-corrected chi connectivity index (χ0v) is 21.0. The average Bonchev–Trinajstić information content (AvgIpc) is 3.39. The standard InChI is InChI=1S/C28H31N5O4/c1-18-24(32-13-5-3-7-25(32)29-18)16-31-12-4-2-6-20(31)17-37-21-8-9-22-19(14-21)15-33(28(22)36)23-10-11-26(34)30-27(23)35/h3,5,7-9,13-14,20,23H,2,4,6,10-12,15-17H2,1H3,(H,30,34,35). The number of piperidine rings is 2. The summed E-state index contributed by atoms with van der Waals surface area (Å²) in [6.45, 7) is 4.83. The van der Waals surface area contributed by atoms with Crippen molar-refractivity contribution >= 4 is 23.4 Å². The number of amides is 3. The molecule has 2 fully saturated rings. The molecule has 9 nitrogen and oxygen atoms in total. The third kappa shape index (κ3) is 4.48.